The van der Waals surface area contributed by atoms with Crippen molar-refractivity contribution in [2.75, 3.05) is 6.54 Å². The average Bonchev–Trinajstić information content (AvgIpc) is 2.67. The highest BCUT2D eigenvalue weighted by atomic mass is 19.1. The Balaban J connectivity index is 1.92. The highest BCUT2D eigenvalue weighted by molar-refractivity contribution is 5.69. The third-order valence-corrected chi connectivity index (χ3v) is 4.64. The van der Waals surface area contributed by atoms with Crippen molar-refractivity contribution in [3.05, 3.63) is 65.0 Å². The smallest absolute Gasteiger partial charge is 0.412 e. The number of fused-ring (bicyclic) bond motifs is 1. The largest absolute Gasteiger partial charge is 0.488 e. The van der Waals surface area contributed by atoms with Gasteiger partial charge in [-0.05, 0) is 52.7 Å². The second-order valence-corrected chi connectivity index (χ2v) is 8.68. The van der Waals surface area contributed by atoms with E-state index in [1.807, 2.05) is 65.0 Å². The highest BCUT2D eigenvalue weighted by Gasteiger charge is 2.36. The number of ether oxygens (including phenoxy) is 3. The van der Waals surface area contributed by atoms with Crippen LogP contribution >= 0.6 is 0 Å². The van der Waals surface area contributed by atoms with Crippen LogP contribution in [0.3, 0.4) is 0 Å². The fourth-order valence-corrected chi connectivity index (χ4v) is 3.40. The molecular formula is C24H30FNO4. The molecule has 0 saturated carbocycles. The summed E-state index contributed by atoms with van der Waals surface area (Å²) in [5, 5.41) is 0. The van der Waals surface area contributed by atoms with Crippen molar-refractivity contribution < 1.29 is 23.4 Å². The first kappa shape index (κ1) is 22.1. The van der Waals surface area contributed by atoms with Crippen molar-refractivity contribution in [2.45, 2.75) is 65.6 Å². The summed E-state index contributed by atoms with van der Waals surface area (Å²) in [4.78, 5) is 14.4. The predicted octanol–water partition coefficient (Wildman–Crippen LogP) is 5.62. The van der Waals surface area contributed by atoms with Gasteiger partial charge in [0, 0.05) is 17.7 Å². The summed E-state index contributed by atoms with van der Waals surface area (Å²) in [5.74, 6) is -0.172. The first-order valence-corrected chi connectivity index (χ1v) is 10.3. The lowest BCUT2D eigenvalue weighted by molar-refractivity contribution is -0.0821. The van der Waals surface area contributed by atoms with Crippen molar-refractivity contribution in [3.63, 3.8) is 0 Å². The minimum Gasteiger partial charge on any atom is -0.488 e. The molecule has 6 heteroatoms. The lowest BCUT2D eigenvalue weighted by Crippen LogP contribution is -2.44. The maximum Gasteiger partial charge on any atom is 0.412 e. The Morgan fingerprint density at radius 2 is 1.87 bits per heavy atom. The Kier molecular flexibility index (Phi) is 6.66. The van der Waals surface area contributed by atoms with Gasteiger partial charge in [0.1, 0.15) is 5.60 Å². The molecule has 0 fully saturated rings. The van der Waals surface area contributed by atoms with Crippen molar-refractivity contribution in [1.29, 1.82) is 0 Å². The topological polar surface area (TPSA) is 48.0 Å². The Hall–Kier alpha value is -2.60. The van der Waals surface area contributed by atoms with Gasteiger partial charge in [-0.15, -0.1) is 0 Å². The summed E-state index contributed by atoms with van der Waals surface area (Å²) in [6.07, 6.45) is -0.994. The first-order chi connectivity index (χ1) is 14.2. The molecule has 5 nitrogen and oxygen atoms in total. The maximum absolute atomic E-state index is 15.1. The van der Waals surface area contributed by atoms with Gasteiger partial charge in [-0.1, -0.05) is 36.4 Å². The molecule has 1 heterocycles. The number of amides is 1. The summed E-state index contributed by atoms with van der Waals surface area (Å²) in [6.45, 7) is 9.75. The molecule has 0 aromatic heterocycles. The fraction of sp³-hybridized carbons (Fsp3) is 0.458. The molecule has 1 unspecified atom stereocenters. The number of nitrogens with zero attached hydrogens (tertiary/aromatic N) is 1. The minimum absolute atomic E-state index is 0.135. The van der Waals surface area contributed by atoms with Gasteiger partial charge >= 0.3 is 6.09 Å². The first-order valence-electron chi connectivity index (χ1n) is 10.3. The van der Waals surface area contributed by atoms with E-state index in [2.05, 4.69) is 0 Å². The molecule has 0 aliphatic carbocycles. The van der Waals surface area contributed by atoms with E-state index in [4.69, 9.17) is 14.2 Å². The molecule has 162 valence electrons. The van der Waals surface area contributed by atoms with Crippen molar-refractivity contribution in [2.24, 2.45) is 0 Å². The molecule has 0 saturated heterocycles. The number of carbonyl (C=O) groups is 1. The van der Waals surface area contributed by atoms with Crippen LogP contribution in [0.4, 0.5) is 9.18 Å². The number of benzene rings is 2. The van der Waals surface area contributed by atoms with E-state index in [-0.39, 0.29) is 18.5 Å². The van der Waals surface area contributed by atoms with Gasteiger partial charge in [-0.25, -0.2) is 9.18 Å². The number of halogens is 1. The zero-order valence-electron chi connectivity index (χ0n) is 18.3. The molecule has 2 aromatic carbocycles. The van der Waals surface area contributed by atoms with Crippen LogP contribution in [0.5, 0.6) is 5.75 Å². The predicted molar refractivity (Wildman–Crippen MR) is 113 cm³/mol. The fourth-order valence-electron chi connectivity index (χ4n) is 3.40. The lowest BCUT2D eigenvalue weighted by atomic mass is 9.97. The van der Waals surface area contributed by atoms with Crippen molar-refractivity contribution in [3.8, 4) is 5.75 Å². The Morgan fingerprint density at radius 1 is 1.17 bits per heavy atom. The molecule has 0 spiro atoms. The summed E-state index contributed by atoms with van der Waals surface area (Å²) in [5.41, 5.74) is 1.47. The van der Waals surface area contributed by atoms with Crippen LogP contribution in [0.2, 0.25) is 0 Å². The van der Waals surface area contributed by atoms with E-state index in [9.17, 15) is 4.79 Å². The molecule has 30 heavy (non-hydrogen) atoms. The summed E-state index contributed by atoms with van der Waals surface area (Å²) >= 11 is 0. The van der Waals surface area contributed by atoms with Crippen LogP contribution in [0.15, 0.2) is 42.5 Å². The molecular weight excluding hydrogens is 385 g/mol. The second-order valence-electron chi connectivity index (χ2n) is 8.68. The normalized spacial score (nSPS) is 16.4. The van der Waals surface area contributed by atoms with E-state index in [1.54, 1.807) is 12.1 Å². The van der Waals surface area contributed by atoms with Crippen molar-refractivity contribution in [1.82, 2.24) is 4.90 Å². The number of rotatable bonds is 5. The monoisotopic (exact) mass is 415 g/mol. The van der Waals surface area contributed by atoms with Crippen LogP contribution in [-0.2, 0) is 22.5 Å². The molecule has 1 aliphatic rings. The van der Waals surface area contributed by atoms with E-state index >= 15 is 4.39 Å². The van der Waals surface area contributed by atoms with E-state index in [0.717, 1.165) is 5.56 Å². The molecule has 2 aromatic rings. The Bertz CT molecular complexity index is 877. The third kappa shape index (κ3) is 5.30. The maximum atomic E-state index is 15.1. The van der Waals surface area contributed by atoms with Crippen LogP contribution in [-0.4, -0.2) is 29.2 Å². The van der Waals surface area contributed by atoms with Gasteiger partial charge in [-0.3, -0.25) is 4.90 Å². The SMILES string of the molecule is CC(C)Oc1ccc2c(c1F)CCN(C(=O)OC(C)(C)C)C2OCc1ccccc1. The van der Waals surface area contributed by atoms with E-state index in [1.165, 1.54) is 4.90 Å². The van der Waals surface area contributed by atoms with Gasteiger partial charge in [0.2, 0.25) is 0 Å². The lowest BCUT2D eigenvalue weighted by Gasteiger charge is -2.38. The third-order valence-electron chi connectivity index (χ3n) is 4.64. The quantitative estimate of drug-likeness (QED) is 0.636. The average molecular weight is 416 g/mol. The van der Waals surface area contributed by atoms with Gasteiger partial charge < -0.3 is 14.2 Å². The number of hydrogen-bond donors (Lipinski definition) is 0. The van der Waals surface area contributed by atoms with Crippen LogP contribution < -0.4 is 4.74 Å². The van der Waals surface area contributed by atoms with Crippen molar-refractivity contribution >= 4 is 6.09 Å². The van der Waals surface area contributed by atoms with E-state index in [0.29, 0.717) is 24.1 Å². The van der Waals surface area contributed by atoms with Gasteiger partial charge in [0.25, 0.3) is 0 Å². The highest BCUT2D eigenvalue weighted by Crippen LogP contribution is 2.37. The zero-order valence-corrected chi connectivity index (χ0v) is 18.3. The molecule has 3 rings (SSSR count). The number of hydrogen-bond acceptors (Lipinski definition) is 4. The summed E-state index contributed by atoms with van der Waals surface area (Å²) in [7, 11) is 0. The molecule has 0 bridgehead atoms. The van der Waals surface area contributed by atoms with Crippen LogP contribution in [0.25, 0.3) is 0 Å². The van der Waals surface area contributed by atoms with Gasteiger partial charge in [0.05, 0.1) is 12.7 Å². The molecule has 0 radical (unpaired) electrons. The molecule has 1 atom stereocenters. The number of carbonyl (C=O) groups excluding carboxylic acids is 1. The Morgan fingerprint density at radius 3 is 2.50 bits per heavy atom. The molecule has 0 N–H and O–H groups in total. The van der Waals surface area contributed by atoms with Crippen LogP contribution in [0, 0.1) is 5.82 Å². The summed E-state index contributed by atoms with van der Waals surface area (Å²) in [6, 6.07) is 13.1. The van der Waals surface area contributed by atoms with Crippen LogP contribution in [0.1, 0.15) is 57.5 Å². The zero-order chi connectivity index (χ0) is 21.9. The summed E-state index contributed by atoms with van der Waals surface area (Å²) < 4.78 is 32.4. The minimum atomic E-state index is -0.744. The standard InChI is InChI=1S/C24H30FNO4/c1-16(2)29-20-12-11-19-18(21(20)25)13-14-26(23(27)30-24(3,4)5)22(19)28-15-17-9-7-6-8-10-17/h6-12,16,22H,13-15H2,1-5H3. The van der Waals surface area contributed by atoms with Gasteiger partial charge in [0.15, 0.2) is 17.8 Å². The van der Waals surface area contributed by atoms with E-state index < -0.39 is 23.7 Å². The Labute approximate surface area is 177 Å². The van der Waals surface area contributed by atoms with Gasteiger partial charge in [-0.2, -0.15) is 0 Å². The molecule has 1 aliphatic heterocycles. The second kappa shape index (κ2) is 9.04. The molecule has 1 amide bonds.